The van der Waals surface area contributed by atoms with E-state index in [0.29, 0.717) is 28.5 Å². The molecule has 1 aliphatic rings. The molecule has 0 bridgehead atoms. The van der Waals surface area contributed by atoms with Crippen molar-refractivity contribution in [2.45, 2.75) is 71.3 Å². The Kier molecular flexibility index (Phi) is 5.74. The summed E-state index contributed by atoms with van der Waals surface area (Å²) in [7, 11) is -1.88. The van der Waals surface area contributed by atoms with Gasteiger partial charge in [-0.2, -0.15) is 5.26 Å². The van der Waals surface area contributed by atoms with Gasteiger partial charge in [-0.05, 0) is 45.3 Å². The zero-order valence-corrected chi connectivity index (χ0v) is 19.4. The van der Waals surface area contributed by atoms with Gasteiger partial charge in [0.15, 0.2) is 0 Å². The van der Waals surface area contributed by atoms with E-state index in [0.717, 1.165) is 6.04 Å². The van der Waals surface area contributed by atoms with Crippen LogP contribution in [0.1, 0.15) is 33.3 Å². The first kappa shape index (κ1) is 22.0. The van der Waals surface area contributed by atoms with Gasteiger partial charge in [-0.3, -0.25) is 0 Å². The summed E-state index contributed by atoms with van der Waals surface area (Å²) in [6, 6.07) is 6.27. The minimum atomic E-state index is -1.21. The number of hydrogen-bond acceptors (Lipinski definition) is 4. The van der Waals surface area contributed by atoms with Gasteiger partial charge in [-0.25, -0.2) is 4.39 Å². The first-order chi connectivity index (χ1) is 13.4. The number of benzene rings is 1. The summed E-state index contributed by atoms with van der Waals surface area (Å²) in [4.78, 5) is 0. The third kappa shape index (κ3) is 4.29. The molecule has 1 saturated heterocycles. The Morgan fingerprint density at radius 1 is 1.17 bits per heavy atom. The van der Waals surface area contributed by atoms with Crippen molar-refractivity contribution in [2.24, 2.45) is 0 Å². The fraction of sp³-hybridized carbons (Fsp3) is 0.571. The molecular formula is C21H30BFN2O3Si. The molecule has 5 nitrogen and oxygen atoms in total. The maximum atomic E-state index is 14.8. The summed E-state index contributed by atoms with van der Waals surface area (Å²) < 4.78 is 34.6. The lowest BCUT2D eigenvalue weighted by atomic mass is 9.76. The predicted molar refractivity (Wildman–Crippen MR) is 116 cm³/mol. The van der Waals surface area contributed by atoms with Crippen molar-refractivity contribution in [3.63, 3.8) is 0 Å². The van der Waals surface area contributed by atoms with Crippen molar-refractivity contribution in [3.8, 4) is 6.07 Å². The molecule has 0 spiro atoms. The number of fused-ring (bicyclic) bond motifs is 1. The minimum Gasteiger partial charge on any atom is -0.399 e. The second-order valence-electron chi connectivity index (χ2n) is 9.92. The van der Waals surface area contributed by atoms with Crippen molar-refractivity contribution < 1.29 is 18.4 Å². The van der Waals surface area contributed by atoms with E-state index in [9.17, 15) is 9.65 Å². The standard InChI is InChI=1S/C21H30BFN2O3Si/c1-20(2)21(3,4)28-22(27-20)16-8-9-17(23)19-18(16)15(12-24)13-25(19)14-26-10-11-29(5,6)7/h8-9,13H,10-11,14H2,1-7H3. The lowest BCUT2D eigenvalue weighted by Crippen LogP contribution is -2.41. The van der Waals surface area contributed by atoms with Crippen LogP contribution in [0, 0.1) is 17.1 Å². The van der Waals surface area contributed by atoms with Crippen LogP contribution < -0.4 is 5.46 Å². The van der Waals surface area contributed by atoms with E-state index in [1.807, 2.05) is 27.7 Å². The quantitative estimate of drug-likeness (QED) is 0.522. The number of hydrogen-bond donors (Lipinski definition) is 0. The van der Waals surface area contributed by atoms with Crippen LogP contribution in [0.3, 0.4) is 0 Å². The number of nitriles is 1. The first-order valence-corrected chi connectivity index (χ1v) is 13.7. The van der Waals surface area contributed by atoms with Crippen LogP contribution in [-0.4, -0.2) is 37.6 Å². The lowest BCUT2D eigenvalue weighted by molar-refractivity contribution is 0.00578. The Bertz CT molecular complexity index is 943. The zero-order chi connectivity index (χ0) is 21.6. The third-order valence-electron chi connectivity index (χ3n) is 5.86. The second-order valence-corrected chi connectivity index (χ2v) is 15.5. The fourth-order valence-electron chi connectivity index (χ4n) is 3.32. The molecule has 2 heterocycles. The highest BCUT2D eigenvalue weighted by molar-refractivity contribution is 6.76. The average molecular weight is 416 g/mol. The van der Waals surface area contributed by atoms with Crippen LogP contribution in [0.5, 0.6) is 0 Å². The van der Waals surface area contributed by atoms with Gasteiger partial charge in [0.05, 0.1) is 22.3 Å². The average Bonchev–Trinajstić information content (AvgIpc) is 3.06. The number of halogens is 1. The van der Waals surface area contributed by atoms with Crippen LogP contribution in [0.25, 0.3) is 10.9 Å². The molecule has 3 rings (SSSR count). The van der Waals surface area contributed by atoms with E-state index in [4.69, 9.17) is 14.0 Å². The zero-order valence-electron chi connectivity index (χ0n) is 18.4. The molecule has 1 aromatic carbocycles. The molecule has 0 amide bonds. The van der Waals surface area contributed by atoms with E-state index < -0.39 is 32.2 Å². The summed E-state index contributed by atoms with van der Waals surface area (Å²) >= 11 is 0. The van der Waals surface area contributed by atoms with Crippen LogP contribution in [-0.2, 0) is 20.8 Å². The van der Waals surface area contributed by atoms with Crippen molar-refractivity contribution in [3.05, 3.63) is 29.7 Å². The summed E-state index contributed by atoms with van der Waals surface area (Å²) in [5, 5.41) is 10.2. The molecular weight excluding hydrogens is 386 g/mol. The van der Waals surface area contributed by atoms with Crippen LogP contribution in [0.4, 0.5) is 4.39 Å². The summed E-state index contributed by atoms with van der Waals surface area (Å²) in [5.74, 6) is -0.393. The van der Waals surface area contributed by atoms with Gasteiger partial charge in [0.25, 0.3) is 0 Å². The van der Waals surface area contributed by atoms with Gasteiger partial charge >= 0.3 is 7.12 Å². The number of aromatic nitrogens is 1. The molecule has 156 valence electrons. The van der Waals surface area contributed by atoms with E-state index >= 15 is 0 Å². The Morgan fingerprint density at radius 3 is 2.34 bits per heavy atom. The molecule has 0 aliphatic carbocycles. The molecule has 0 saturated carbocycles. The van der Waals surface area contributed by atoms with Crippen molar-refractivity contribution in [2.75, 3.05) is 6.61 Å². The second kappa shape index (κ2) is 7.55. The molecule has 0 radical (unpaired) electrons. The van der Waals surface area contributed by atoms with Crippen LogP contribution in [0.2, 0.25) is 25.7 Å². The van der Waals surface area contributed by atoms with Gasteiger partial charge in [0, 0.05) is 26.3 Å². The van der Waals surface area contributed by atoms with Gasteiger partial charge < -0.3 is 18.6 Å². The fourth-order valence-corrected chi connectivity index (χ4v) is 4.08. The van der Waals surface area contributed by atoms with E-state index in [2.05, 4.69) is 25.7 Å². The molecule has 0 atom stereocenters. The summed E-state index contributed by atoms with van der Waals surface area (Å²) in [6.45, 7) is 15.5. The molecule has 2 aromatic rings. The normalized spacial score (nSPS) is 18.4. The molecule has 8 heteroatoms. The molecule has 0 unspecified atom stereocenters. The maximum Gasteiger partial charge on any atom is 0.495 e. The third-order valence-corrected chi connectivity index (χ3v) is 7.56. The van der Waals surface area contributed by atoms with E-state index in [1.165, 1.54) is 6.07 Å². The first-order valence-electron chi connectivity index (χ1n) is 10.0. The van der Waals surface area contributed by atoms with Gasteiger partial charge in [-0.15, -0.1) is 0 Å². The largest absolute Gasteiger partial charge is 0.495 e. The SMILES string of the molecule is CC1(C)OB(c2ccc(F)c3c2c(C#N)cn3COCC[Si](C)(C)C)OC1(C)C. The van der Waals surface area contributed by atoms with Gasteiger partial charge in [-0.1, -0.05) is 25.7 Å². The van der Waals surface area contributed by atoms with Gasteiger partial charge in [0.1, 0.15) is 18.6 Å². The monoisotopic (exact) mass is 416 g/mol. The Balaban J connectivity index is 1.97. The Labute approximate surface area is 173 Å². The number of rotatable bonds is 6. The van der Waals surface area contributed by atoms with E-state index in [-0.39, 0.29) is 6.73 Å². The van der Waals surface area contributed by atoms with Crippen LogP contribution >= 0.6 is 0 Å². The summed E-state index contributed by atoms with van der Waals surface area (Å²) in [5.41, 5.74) is 0.360. The topological polar surface area (TPSA) is 56.4 Å². The smallest absolute Gasteiger partial charge is 0.399 e. The Hall–Kier alpha value is -1.66. The summed E-state index contributed by atoms with van der Waals surface area (Å²) in [6.07, 6.45) is 1.65. The predicted octanol–water partition coefficient (Wildman–Crippen LogP) is 4.26. The van der Waals surface area contributed by atoms with Crippen LogP contribution in [0.15, 0.2) is 18.3 Å². The Morgan fingerprint density at radius 2 is 1.79 bits per heavy atom. The van der Waals surface area contributed by atoms with Crippen molar-refractivity contribution >= 4 is 31.6 Å². The maximum absolute atomic E-state index is 14.8. The minimum absolute atomic E-state index is 0.201. The number of nitrogens with zero attached hydrogens (tertiary/aromatic N) is 2. The highest BCUT2D eigenvalue weighted by atomic mass is 28.3. The molecule has 0 N–H and O–H groups in total. The van der Waals surface area contributed by atoms with Crippen molar-refractivity contribution in [1.82, 2.24) is 4.57 Å². The van der Waals surface area contributed by atoms with Crippen molar-refractivity contribution in [1.29, 1.82) is 5.26 Å². The van der Waals surface area contributed by atoms with E-state index in [1.54, 1.807) is 16.8 Å². The molecule has 29 heavy (non-hydrogen) atoms. The van der Waals surface area contributed by atoms with Gasteiger partial charge in [0.2, 0.25) is 0 Å². The number of ether oxygens (including phenoxy) is 1. The highest BCUT2D eigenvalue weighted by Gasteiger charge is 2.52. The lowest BCUT2D eigenvalue weighted by Gasteiger charge is -2.32. The highest BCUT2D eigenvalue weighted by Crippen LogP contribution is 2.37. The molecule has 1 fully saturated rings. The molecule has 1 aromatic heterocycles. The molecule has 1 aliphatic heterocycles.